The number of hydrogen-bond donors (Lipinski definition) is 1. The molecule has 2 bridgehead atoms. The van der Waals surface area contributed by atoms with E-state index in [0.717, 1.165) is 24.2 Å². The van der Waals surface area contributed by atoms with Crippen molar-refractivity contribution >= 4 is 28.9 Å². The molecule has 1 aromatic rings. The normalized spacial score (nSPS) is 32.9. The van der Waals surface area contributed by atoms with Crippen molar-refractivity contribution in [3.05, 3.63) is 40.5 Å². The zero-order valence-electron chi connectivity index (χ0n) is 15.9. The molecule has 2 aliphatic heterocycles. The fourth-order valence-electron chi connectivity index (χ4n) is 5.65. The number of carbonyl (C=O) groups excluding carboxylic acids is 2. The fourth-order valence-corrected chi connectivity index (χ4v) is 5.65. The third-order valence-electron chi connectivity index (χ3n) is 7.00. The molecule has 2 saturated heterocycles. The summed E-state index contributed by atoms with van der Waals surface area (Å²) < 4.78 is 0. The van der Waals surface area contributed by atoms with Gasteiger partial charge in [0.2, 0.25) is 11.8 Å². The molecule has 0 spiro atoms. The molecule has 0 radical (unpaired) electrons. The number of rotatable bonds is 4. The van der Waals surface area contributed by atoms with E-state index < -0.39 is 4.92 Å². The van der Waals surface area contributed by atoms with Gasteiger partial charge in [0.05, 0.1) is 22.4 Å². The number of amides is 2. The summed E-state index contributed by atoms with van der Waals surface area (Å²) in [7, 11) is 0. The molecular weight excluding hydrogens is 374 g/mol. The van der Waals surface area contributed by atoms with Crippen molar-refractivity contribution in [1.29, 1.82) is 0 Å². The van der Waals surface area contributed by atoms with E-state index in [4.69, 9.17) is 0 Å². The van der Waals surface area contributed by atoms with E-state index in [1.807, 2.05) is 17.1 Å². The summed E-state index contributed by atoms with van der Waals surface area (Å²) in [6.45, 7) is 1.28. The summed E-state index contributed by atoms with van der Waals surface area (Å²) in [5.41, 5.74) is 0.637. The van der Waals surface area contributed by atoms with Crippen LogP contribution in [-0.2, 0) is 9.59 Å². The van der Waals surface area contributed by atoms with Crippen LogP contribution in [0.15, 0.2) is 30.4 Å². The lowest BCUT2D eigenvalue weighted by atomic mass is 9.85. The van der Waals surface area contributed by atoms with Crippen LogP contribution < -0.4 is 9.80 Å². The predicted molar refractivity (Wildman–Crippen MR) is 105 cm³/mol. The first-order valence-corrected chi connectivity index (χ1v) is 10.2. The van der Waals surface area contributed by atoms with E-state index in [9.17, 15) is 24.8 Å². The van der Waals surface area contributed by atoms with Gasteiger partial charge in [0.15, 0.2) is 0 Å². The number of imide groups is 1. The predicted octanol–water partition coefficient (Wildman–Crippen LogP) is 2.12. The summed E-state index contributed by atoms with van der Waals surface area (Å²) in [5, 5.41) is 21.2. The quantitative estimate of drug-likeness (QED) is 0.361. The largest absolute Gasteiger partial charge is 0.396 e. The molecule has 8 nitrogen and oxygen atoms in total. The summed E-state index contributed by atoms with van der Waals surface area (Å²) in [5.74, 6) is -0.845. The molecule has 0 aromatic heterocycles. The maximum absolute atomic E-state index is 13.0. The number of nitrogens with zero attached hydrogens (tertiary/aromatic N) is 3. The summed E-state index contributed by atoms with van der Waals surface area (Å²) in [6.07, 6.45) is 6.65. The van der Waals surface area contributed by atoms with Crippen molar-refractivity contribution < 1.29 is 19.6 Å². The standard InChI is InChI=1S/C21H23N3O5/c25-11-12-2-1-7-22(10-12)16-6-5-15(9-17(16)24(28)29)23-20(26)18-13-3-4-14(8-13)19(18)21(23)27/h3-6,9,12-14,18-19,25H,1-2,7-8,10-11H2/t12-,13+,14+,18-,19-/m1/s1. The molecule has 2 aliphatic carbocycles. The first-order valence-electron chi connectivity index (χ1n) is 10.2. The van der Waals surface area contributed by atoms with Gasteiger partial charge >= 0.3 is 0 Å². The van der Waals surface area contributed by atoms with Gasteiger partial charge in [0.1, 0.15) is 5.69 Å². The molecule has 1 saturated carbocycles. The number of piperidine rings is 1. The van der Waals surface area contributed by atoms with Gasteiger partial charge in [-0.3, -0.25) is 19.7 Å². The van der Waals surface area contributed by atoms with Crippen molar-refractivity contribution in [2.75, 3.05) is 29.5 Å². The van der Waals surface area contributed by atoms with Crippen LogP contribution in [0.3, 0.4) is 0 Å². The van der Waals surface area contributed by atoms with E-state index in [1.165, 1.54) is 6.07 Å². The highest BCUT2D eigenvalue weighted by Crippen LogP contribution is 2.53. The molecule has 5 rings (SSSR count). The van der Waals surface area contributed by atoms with Crippen LogP contribution in [0.2, 0.25) is 0 Å². The number of anilines is 2. The smallest absolute Gasteiger partial charge is 0.294 e. The number of fused-ring (bicyclic) bond motifs is 5. The molecule has 4 aliphatic rings. The van der Waals surface area contributed by atoms with Crippen LogP contribution >= 0.6 is 0 Å². The third-order valence-corrected chi connectivity index (χ3v) is 7.00. The Hall–Kier alpha value is -2.74. The van der Waals surface area contributed by atoms with Crippen LogP contribution in [0, 0.1) is 39.7 Å². The highest BCUT2D eigenvalue weighted by atomic mass is 16.6. The van der Waals surface area contributed by atoms with Crippen LogP contribution in [0.4, 0.5) is 17.1 Å². The average Bonchev–Trinajstić information content (AvgIpc) is 3.41. The lowest BCUT2D eigenvalue weighted by Crippen LogP contribution is -2.37. The molecule has 3 fully saturated rings. The van der Waals surface area contributed by atoms with Gasteiger partial charge in [0, 0.05) is 25.8 Å². The van der Waals surface area contributed by atoms with Crippen LogP contribution in [0.5, 0.6) is 0 Å². The Labute approximate surface area is 167 Å². The average molecular weight is 397 g/mol. The topological polar surface area (TPSA) is 104 Å². The molecule has 1 aromatic carbocycles. The second kappa shape index (κ2) is 6.66. The number of nitro groups is 1. The molecule has 1 N–H and O–H groups in total. The van der Waals surface area contributed by atoms with E-state index in [-0.39, 0.29) is 59.4 Å². The molecule has 5 atom stereocenters. The van der Waals surface area contributed by atoms with Gasteiger partial charge < -0.3 is 10.0 Å². The van der Waals surface area contributed by atoms with Gasteiger partial charge in [-0.25, -0.2) is 4.90 Å². The SMILES string of the molecule is O=C1[C@H]2[C@H](C(=O)N1c1ccc(N3CCC[C@@H](CO)C3)c([N+](=O)[O-])c1)[C@H]1C=C[C@H]2C1. The highest BCUT2D eigenvalue weighted by Gasteiger charge is 2.59. The zero-order valence-corrected chi connectivity index (χ0v) is 15.9. The Morgan fingerprint density at radius 3 is 2.45 bits per heavy atom. The van der Waals surface area contributed by atoms with E-state index in [2.05, 4.69) is 0 Å². The van der Waals surface area contributed by atoms with E-state index in [0.29, 0.717) is 18.8 Å². The maximum atomic E-state index is 13.0. The van der Waals surface area contributed by atoms with Crippen molar-refractivity contribution in [1.82, 2.24) is 0 Å². The molecule has 2 amide bonds. The Bertz CT molecular complexity index is 899. The maximum Gasteiger partial charge on any atom is 0.294 e. The summed E-state index contributed by atoms with van der Waals surface area (Å²) >= 11 is 0. The number of hydrogen-bond acceptors (Lipinski definition) is 6. The first kappa shape index (κ1) is 18.3. The second-order valence-corrected chi connectivity index (χ2v) is 8.58. The van der Waals surface area contributed by atoms with E-state index in [1.54, 1.807) is 12.1 Å². The number of aliphatic hydroxyl groups excluding tert-OH is 1. The van der Waals surface area contributed by atoms with Gasteiger partial charge in [-0.2, -0.15) is 0 Å². The fraction of sp³-hybridized carbons (Fsp3) is 0.524. The molecule has 152 valence electrons. The monoisotopic (exact) mass is 397 g/mol. The summed E-state index contributed by atoms with van der Waals surface area (Å²) in [4.78, 5) is 40.4. The van der Waals surface area contributed by atoms with Gasteiger partial charge in [-0.1, -0.05) is 12.2 Å². The molecule has 2 heterocycles. The second-order valence-electron chi connectivity index (χ2n) is 8.58. The minimum absolute atomic E-state index is 0.0539. The number of allylic oxidation sites excluding steroid dienone is 2. The van der Waals surface area contributed by atoms with Crippen LogP contribution in [0.25, 0.3) is 0 Å². The lowest BCUT2D eigenvalue weighted by molar-refractivity contribution is -0.384. The van der Waals surface area contributed by atoms with Crippen molar-refractivity contribution in [2.45, 2.75) is 19.3 Å². The van der Waals surface area contributed by atoms with Crippen molar-refractivity contribution in [3.8, 4) is 0 Å². The Kier molecular flexibility index (Phi) is 4.20. The lowest BCUT2D eigenvalue weighted by Gasteiger charge is -2.33. The molecule has 29 heavy (non-hydrogen) atoms. The van der Waals surface area contributed by atoms with Crippen molar-refractivity contribution in [3.63, 3.8) is 0 Å². The molecule has 0 unspecified atom stereocenters. The number of aliphatic hydroxyl groups is 1. The van der Waals surface area contributed by atoms with E-state index >= 15 is 0 Å². The Balaban J connectivity index is 1.48. The number of nitro benzene ring substituents is 1. The highest BCUT2D eigenvalue weighted by molar-refractivity contribution is 6.23. The third kappa shape index (κ3) is 2.69. The minimum atomic E-state index is -0.460. The van der Waals surface area contributed by atoms with Gasteiger partial charge in [-0.05, 0) is 49.1 Å². The Morgan fingerprint density at radius 2 is 1.83 bits per heavy atom. The van der Waals surface area contributed by atoms with Gasteiger partial charge in [-0.15, -0.1) is 0 Å². The van der Waals surface area contributed by atoms with Gasteiger partial charge in [0.25, 0.3) is 5.69 Å². The van der Waals surface area contributed by atoms with Crippen molar-refractivity contribution in [2.24, 2.45) is 29.6 Å². The molecule has 8 heteroatoms. The molecular formula is C21H23N3O5. The number of benzene rings is 1. The minimum Gasteiger partial charge on any atom is -0.396 e. The summed E-state index contributed by atoms with van der Waals surface area (Å²) in [6, 6.07) is 4.62. The van der Waals surface area contributed by atoms with Crippen LogP contribution in [-0.4, -0.2) is 41.5 Å². The zero-order chi connectivity index (χ0) is 20.3. The Morgan fingerprint density at radius 1 is 1.14 bits per heavy atom. The first-order chi connectivity index (χ1) is 14.0. The van der Waals surface area contributed by atoms with Crippen LogP contribution in [0.1, 0.15) is 19.3 Å². The number of carbonyl (C=O) groups is 2.